The standard InChI is InChI=1S/C14H13ClF2N2.C5H10O2/c1-8-13(15)12-10(17)6-9(16)7-11(12)18-14(8)19-4-2-3-5-19;1-5(2,3)7-4-6/h6-7H,2-5H2,1H3;4H,1-3H3. The second kappa shape index (κ2) is 8.16. The highest BCUT2D eigenvalue weighted by Gasteiger charge is 2.20. The second-order valence-electron chi connectivity index (χ2n) is 7.18. The van der Waals surface area contributed by atoms with Crippen molar-refractivity contribution in [2.45, 2.75) is 46.1 Å². The third-order valence-corrected chi connectivity index (χ3v) is 4.42. The smallest absolute Gasteiger partial charge is 0.293 e. The van der Waals surface area contributed by atoms with Crippen LogP contribution in [-0.4, -0.2) is 30.1 Å². The number of carbonyl (C=O) groups is 1. The maximum absolute atomic E-state index is 13.8. The first-order chi connectivity index (χ1) is 12.1. The molecule has 1 fully saturated rings. The molecular formula is C19H23ClF2N2O2. The quantitative estimate of drug-likeness (QED) is 0.681. The van der Waals surface area contributed by atoms with E-state index < -0.39 is 11.6 Å². The predicted octanol–water partition coefficient (Wildman–Crippen LogP) is 5.03. The number of hydrogen-bond donors (Lipinski definition) is 0. The molecule has 1 aliphatic heterocycles. The zero-order valence-electron chi connectivity index (χ0n) is 15.4. The number of nitrogens with zero attached hydrogens (tertiary/aromatic N) is 2. The Bertz CT molecular complexity index is 800. The molecule has 26 heavy (non-hydrogen) atoms. The first-order valence-electron chi connectivity index (χ1n) is 8.45. The van der Waals surface area contributed by atoms with Crippen LogP contribution in [0.25, 0.3) is 10.9 Å². The molecule has 142 valence electrons. The number of halogens is 3. The van der Waals surface area contributed by atoms with Gasteiger partial charge < -0.3 is 9.64 Å². The number of fused-ring (bicyclic) bond motifs is 1. The summed E-state index contributed by atoms with van der Waals surface area (Å²) in [6, 6.07) is 2.06. The lowest BCUT2D eigenvalue weighted by Crippen LogP contribution is -2.20. The van der Waals surface area contributed by atoms with E-state index in [9.17, 15) is 13.6 Å². The van der Waals surface area contributed by atoms with Crippen LogP contribution in [0.1, 0.15) is 39.2 Å². The molecule has 0 N–H and O–H groups in total. The number of benzene rings is 1. The summed E-state index contributed by atoms with van der Waals surface area (Å²) in [5.74, 6) is -0.562. The Kier molecular flexibility index (Phi) is 6.39. The van der Waals surface area contributed by atoms with Crippen LogP contribution in [0.15, 0.2) is 12.1 Å². The first kappa shape index (κ1) is 20.4. The van der Waals surface area contributed by atoms with Crippen LogP contribution in [0, 0.1) is 18.6 Å². The summed E-state index contributed by atoms with van der Waals surface area (Å²) in [5, 5.41) is 0.521. The number of carbonyl (C=O) groups excluding carboxylic acids is 1. The molecule has 0 spiro atoms. The SMILES string of the molecule is CC(C)(C)OC=O.Cc1c(N2CCCC2)nc2cc(F)cc(F)c2c1Cl. The molecule has 1 aromatic heterocycles. The minimum absolute atomic E-state index is 0.198. The van der Waals surface area contributed by atoms with Crippen molar-refractivity contribution in [3.05, 3.63) is 34.4 Å². The van der Waals surface area contributed by atoms with Crippen LogP contribution in [0.4, 0.5) is 14.6 Å². The molecule has 0 saturated carbocycles. The van der Waals surface area contributed by atoms with Crippen LogP contribution in [0.2, 0.25) is 5.02 Å². The molecule has 0 aliphatic carbocycles. The van der Waals surface area contributed by atoms with E-state index in [0.717, 1.165) is 43.4 Å². The lowest BCUT2D eigenvalue weighted by Gasteiger charge is -2.20. The van der Waals surface area contributed by atoms with E-state index >= 15 is 0 Å². The Morgan fingerprint density at radius 3 is 2.35 bits per heavy atom. The van der Waals surface area contributed by atoms with Gasteiger partial charge in [-0.1, -0.05) is 11.6 Å². The van der Waals surface area contributed by atoms with E-state index in [4.69, 9.17) is 11.6 Å². The highest BCUT2D eigenvalue weighted by molar-refractivity contribution is 6.36. The molecule has 1 aromatic carbocycles. The van der Waals surface area contributed by atoms with Gasteiger partial charge in [-0.3, -0.25) is 4.79 Å². The van der Waals surface area contributed by atoms with E-state index in [-0.39, 0.29) is 16.5 Å². The van der Waals surface area contributed by atoms with Gasteiger partial charge in [0, 0.05) is 30.8 Å². The fourth-order valence-corrected chi connectivity index (χ4v) is 3.00. The monoisotopic (exact) mass is 384 g/mol. The average molecular weight is 385 g/mol. The number of pyridine rings is 1. The summed E-state index contributed by atoms with van der Waals surface area (Å²) in [6.45, 7) is 9.57. The maximum Gasteiger partial charge on any atom is 0.293 e. The van der Waals surface area contributed by atoms with Gasteiger partial charge in [0.1, 0.15) is 23.1 Å². The number of ether oxygens (including phenoxy) is 1. The molecule has 3 rings (SSSR count). The second-order valence-corrected chi connectivity index (χ2v) is 7.55. The van der Waals surface area contributed by atoms with Crippen LogP contribution < -0.4 is 4.90 Å². The van der Waals surface area contributed by atoms with E-state index in [1.54, 1.807) is 0 Å². The fourth-order valence-electron chi connectivity index (χ4n) is 2.73. The molecular weight excluding hydrogens is 362 g/mol. The summed E-state index contributed by atoms with van der Waals surface area (Å²) < 4.78 is 31.7. The molecule has 4 nitrogen and oxygen atoms in total. The van der Waals surface area contributed by atoms with Gasteiger partial charge in [-0.2, -0.15) is 0 Å². The Balaban J connectivity index is 0.000000298. The summed E-state index contributed by atoms with van der Waals surface area (Å²) in [7, 11) is 0. The highest BCUT2D eigenvalue weighted by atomic mass is 35.5. The minimum Gasteiger partial charge on any atom is -0.462 e. The van der Waals surface area contributed by atoms with E-state index in [0.29, 0.717) is 11.5 Å². The molecule has 1 aliphatic rings. The van der Waals surface area contributed by atoms with Gasteiger partial charge in [0.25, 0.3) is 6.47 Å². The van der Waals surface area contributed by atoms with Gasteiger partial charge in [0.15, 0.2) is 0 Å². The molecule has 1 saturated heterocycles. The molecule has 0 amide bonds. The van der Waals surface area contributed by atoms with E-state index in [1.165, 1.54) is 6.07 Å². The van der Waals surface area contributed by atoms with Crippen molar-refractivity contribution in [2.24, 2.45) is 0 Å². The summed E-state index contributed by atoms with van der Waals surface area (Å²) in [4.78, 5) is 16.1. The summed E-state index contributed by atoms with van der Waals surface area (Å²) in [6.07, 6.45) is 2.21. The van der Waals surface area contributed by atoms with Crippen molar-refractivity contribution in [1.29, 1.82) is 0 Å². The van der Waals surface area contributed by atoms with Gasteiger partial charge in [0.05, 0.1) is 15.9 Å². The number of anilines is 1. The lowest BCUT2D eigenvalue weighted by atomic mass is 10.1. The third-order valence-electron chi connectivity index (χ3n) is 3.95. The normalized spacial score (nSPS) is 14.2. The van der Waals surface area contributed by atoms with Crippen molar-refractivity contribution >= 4 is 34.8 Å². The summed E-state index contributed by atoms with van der Waals surface area (Å²) in [5.41, 5.74) is 0.707. The van der Waals surface area contributed by atoms with Gasteiger partial charge in [-0.15, -0.1) is 0 Å². The van der Waals surface area contributed by atoms with E-state index in [2.05, 4.69) is 14.6 Å². The zero-order chi connectivity index (χ0) is 19.5. The van der Waals surface area contributed by atoms with Gasteiger partial charge in [-0.25, -0.2) is 13.8 Å². The van der Waals surface area contributed by atoms with Crippen LogP contribution in [0.5, 0.6) is 0 Å². The molecule has 0 atom stereocenters. The fraction of sp³-hybridized carbons (Fsp3) is 0.474. The highest BCUT2D eigenvalue weighted by Crippen LogP contribution is 2.35. The van der Waals surface area contributed by atoms with Gasteiger partial charge in [-0.05, 0) is 40.5 Å². The number of rotatable bonds is 2. The summed E-state index contributed by atoms with van der Waals surface area (Å²) >= 11 is 6.24. The van der Waals surface area contributed by atoms with Gasteiger partial charge in [0.2, 0.25) is 0 Å². The van der Waals surface area contributed by atoms with Crippen molar-refractivity contribution in [2.75, 3.05) is 18.0 Å². The average Bonchev–Trinajstić information content (AvgIpc) is 3.03. The molecule has 2 heterocycles. The Morgan fingerprint density at radius 2 is 1.85 bits per heavy atom. The zero-order valence-corrected chi connectivity index (χ0v) is 16.2. The van der Waals surface area contributed by atoms with Crippen LogP contribution in [0.3, 0.4) is 0 Å². The largest absolute Gasteiger partial charge is 0.462 e. The van der Waals surface area contributed by atoms with Crippen LogP contribution in [-0.2, 0) is 9.53 Å². The van der Waals surface area contributed by atoms with Crippen molar-refractivity contribution in [1.82, 2.24) is 4.98 Å². The molecule has 7 heteroatoms. The van der Waals surface area contributed by atoms with Crippen molar-refractivity contribution in [3.63, 3.8) is 0 Å². The predicted molar refractivity (Wildman–Crippen MR) is 99.8 cm³/mol. The number of hydrogen-bond acceptors (Lipinski definition) is 4. The topological polar surface area (TPSA) is 42.4 Å². The van der Waals surface area contributed by atoms with E-state index in [1.807, 2.05) is 27.7 Å². The molecule has 2 aromatic rings. The van der Waals surface area contributed by atoms with Crippen molar-refractivity contribution < 1.29 is 18.3 Å². The molecule has 0 bridgehead atoms. The van der Waals surface area contributed by atoms with Crippen molar-refractivity contribution in [3.8, 4) is 0 Å². The van der Waals surface area contributed by atoms with Crippen LogP contribution >= 0.6 is 11.6 Å². The minimum atomic E-state index is -0.663. The Morgan fingerprint density at radius 1 is 1.23 bits per heavy atom. The maximum atomic E-state index is 13.8. The Hall–Kier alpha value is -1.95. The lowest BCUT2D eigenvalue weighted by molar-refractivity contribution is -0.138. The number of aromatic nitrogens is 1. The van der Waals surface area contributed by atoms with Gasteiger partial charge >= 0.3 is 0 Å². The first-order valence-corrected chi connectivity index (χ1v) is 8.83. The molecule has 0 radical (unpaired) electrons. The molecule has 0 unspecified atom stereocenters. The third kappa shape index (κ3) is 4.81. The Labute approximate surface area is 157 Å².